The number of benzene rings is 1. The highest BCUT2D eigenvalue weighted by Gasteiger charge is 2.25. The average molecular weight is 271 g/mol. The molecule has 0 aromatic heterocycles. The number of nitrogens with two attached hydrogens (primary N) is 3. The molecule has 0 saturated carbocycles. The fraction of sp³-hybridized carbons (Fsp3) is 0.200. The molecular weight excluding hydrogens is 258 g/mol. The zero-order valence-corrected chi connectivity index (χ0v) is 10.7. The summed E-state index contributed by atoms with van der Waals surface area (Å²) in [6.07, 6.45) is 0. The molecule has 0 radical (unpaired) electrons. The number of hydrogen-bond donors (Lipinski definition) is 3. The van der Waals surface area contributed by atoms with Crippen LogP contribution in [0.5, 0.6) is 0 Å². The summed E-state index contributed by atoms with van der Waals surface area (Å²) in [5.74, 6) is -1.74. The van der Waals surface area contributed by atoms with Crippen molar-refractivity contribution in [2.24, 2.45) is 16.6 Å². The molecule has 0 atom stereocenters. The van der Waals surface area contributed by atoms with Gasteiger partial charge < -0.3 is 11.5 Å². The van der Waals surface area contributed by atoms with E-state index in [1.165, 1.54) is 19.9 Å². The Balaban J connectivity index is 3.93. The number of rotatable bonds is 3. The SMILES string of the molecule is Cc1cc(C(N)=O)c(S(N)(=O)=O)c(C)c1C(N)=O. The van der Waals surface area contributed by atoms with Gasteiger partial charge >= 0.3 is 0 Å². The number of amides is 2. The molecule has 0 heterocycles. The van der Waals surface area contributed by atoms with Crippen molar-refractivity contribution in [3.8, 4) is 0 Å². The van der Waals surface area contributed by atoms with Crippen LogP contribution in [-0.4, -0.2) is 20.2 Å². The van der Waals surface area contributed by atoms with Crippen molar-refractivity contribution in [1.29, 1.82) is 0 Å². The summed E-state index contributed by atoms with van der Waals surface area (Å²) >= 11 is 0. The molecule has 0 bridgehead atoms. The van der Waals surface area contributed by atoms with Gasteiger partial charge in [0.15, 0.2) is 0 Å². The molecule has 0 saturated heterocycles. The number of primary sulfonamides is 1. The molecule has 0 aliphatic heterocycles. The minimum absolute atomic E-state index is 0.0176. The third kappa shape index (κ3) is 2.34. The van der Waals surface area contributed by atoms with Crippen LogP contribution in [0.25, 0.3) is 0 Å². The fourth-order valence-corrected chi connectivity index (χ4v) is 2.89. The van der Waals surface area contributed by atoms with Crippen LogP contribution >= 0.6 is 0 Å². The Morgan fingerprint density at radius 1 is 1.11 bits per heavy atom. The van der Waals surface area contributed by atoms with E-state index in [-0.39, 0.29) is 16.7 Å². The van der Waals surface area contributed by atoms with Gasteiger partial charge in [0.2, 0.25) is 21.8 Å². The van der Waals surface area contributed by atoms with Crippen LogP contribution < -0.4 is 16.6 Å². The lowest BCUT2D eigenvalue weighted by Crippen LogP contribution is -2.25. The van der Waals surface area contributed by atoms with Crippen molar-refractivity contribution < 1.29 is 18.0 Å². The molecular formula is C10H13N3O4S. The summed E-state index contributed by atoms with van der Waals surface area (Å²) in [5, 5.41) is 5.03. The predicted molar refractivity (Wildman–Crippen MR) is 64.3 cm³/mol. The monoisotopic (exact) mass is 271 g/mol. The first-order chi connectivity index (χ1) is 8.07. The summed E-state index contributed by atoms with van der Waals surface area (Å²) in [4.78, 5) is 22.0. The van der Waals surface area contributed by atoms with Crippen molar-refractivity contribution in [3.63, 3.8) is 0 Å². The molecule has 1 aromatic carbocycles. The summed E-state index contributed by atoms with van der Waals surface area (Å²) in [5.41, 5.74) is 10.4. The van der Waals surface area contributed by atoms with Crippen molar-refractivity contribution in [1.82, 2.24) is 0 Å². The zero-order valence-electron chi connectivity index (χ0n) is 9.85. The van der Waals surface area contributed by atoms with Gasteiger partial charge in [0.25, 0.3) is 0 Å². The highest BCUT2D eigenvalue weighted by molar-refractivity contribution is 7.89. The molecule has 98 valence electrons. The summed E-state index contributed by atoms with van der Waals surface area (Å²) in [6.45, 7) is 2.87. The average Bonchev–Trinajstić information content (AvgIpc) is 2.12. The Labute approximate surface area is 104 Å². The molecule has 7 nitrogen and oxygen atoms in total. The van der Waals surface area contributed by atoms with E-state index in [1.54, 1.807) is 0 Å². The van der Waals surface area contributed by atoms with Gasteiger partial charge in [-0.25, -0.2) is 13.6 Å². The molecule has 18 heavy (non-hydrogen) atoms. The number of sulfonamides is 1. The van der Waals surface area contributed by atoms with Crippen LogP contribution in [0.4, 0.5) is 0 Å². The van der Waals surface area contributed by atoms with Crippen LogP contribution in [0.1, 0.15) is 31.8 Å². The first-order valence-electron chi connectivity index (χ1n) is 4.84. The minimum atomic E-state index is -4.19. The molecule has 0 aliphatic carbocycles. The van der Waals surface area contributed by atoms with Crippen LogP contribution in [0.15, 0.2) is 11.0 Å². The number of carbonyl (C=O) groups is 2. The molecule has 1 aromatic rings. The topological polar surface area (TPSA) is 146 Å². The lowest BCUT2D eigenvalue weighted by atomic mass is 9.98. The van der Waals surface area contributed by atoms with Crippen LogP contribution in [-0.2, 0) is 10.0 Å². The largest absolute Gasteiger partial charge is 0.366 e. The second-order valence-corrected chi connectivity index (χ2v) is 5.34. The van der Waals surface area contributed by atoms with Gasteiger partial charge in [-0.05, 0) is 31.0 Å². The summed E-state index contributed by atoms with van der Waals surface area (Å²) in [6, 6.07) is 1.19. The van der Waals surface area contributed by atoms with E-state index in [0.29, 0.717) is 5.56 Å². The predicted octanol–water partition coefficient (Wildman–Crippen LogP) is -0.851. The Bertz CT molecular complexity index is 650. The van der Waals surface area contributed by atoms with Crippen molar-refractivity contribution >= 4 is 21.8 Å². The third-order valence-electron chi connectivity index (χ3n) is 2.51. The zero-order chi connectivity index (χ0) is 14.2. The van der Waals surface area contributed by atoms with Gasteiger partial charge in [0.05, 0.1) is 10.5 Å². The van der Waals surface area contributed by atoms with E-state index in [0.717, 1.165) is 0 Å². The normalized spacial score (nSPS) is 11.3. The highest BCUT2D eigenvalue weighted by Crippen LogP contribution is 2.25. The van der Waals surface area contributed by atoms with E-state index < -0.39 is 26.7 Å². The molecule has 0 unspecified atom stereocenters. The fourth-order valence-electron chi connectivity index (χ4n) is 1.89. The lowest BCUT2D eigenvalue weighted by molar-refractivity contribution is 0.0984. The summed E-state index contributed by atoms with van der Waals surface area (Å²) in [7, 11) is -4.19. The van der Waals surface area contributed by atoms with Gasteiger partial charge in [-0.3, -0.25) is 9.59 Å². The molecule has 0 fully saturated rings. The number of carbonyl (C=O) groups excluding carboxylic acids is 2. The molecule has 6 N–H and O–H groups in total. The maximum Gasteiger partial charge on any atom is 0.250 e. The van der Waals surface area contributed by atoms with E-state index in [2.05, 4.69) is 0 Å². The van der Waals surface area contributed by atoms with Gasteiger partial charge in [0, 0.05) is 5.56 Å². The third-order valence-corrected chi connectivity index (χ3v) is 3.61. The quantitative estimate of drug-likeness (QED) is 0.656. The van der Waals surface area contributed by atoms with E-state index in [4.69, 9.17) is 16.6 Å². The molecule has 0 spiro atoms. The van der Waals surface area contributed by atoms with Gasteiger partial charge in [-0.15, -0.1) is 0 Å². The smallest absolute Gasteiger partial charge is 0.250 e. The first kappa shape index (κ1) is 14.1. The number of aryl methyl sites for hydroxylation is 1. The van der Waals surface area contributed by atoms with Gasteiger partial charge in [-0.1, -0.05) is 0 Å². The standard InChI is InChI=1S/C10H13N3O4S/c1-4-3-6(9(11)14)8(18(13,16)17)5(2)7(4)10(12)15/h3H,1-2H3,(H2,11,14)(H2,12,15)(H2,13,16,17). The highest BCUT2D eigenvalue weighted by atomic mass is 32.2. The second-order valence-electron chi connectivity index (χ2n) is 3.84. The van der Waals surface area contributed by atoms with E-state index >= 15 is 0 Å². The summed E-state index contributed by atoms with van der Waals surface area (Å²) < 4.78 is 23.0. The van der Waals surface area contributed by atoms with Crippen molar-refractivity contribution in [2.45, 2.75) is 18.7 Å². The van der Waals surface area contributed by atoms with E-state index in [9.17, 15) is 18.0 Å². The second kappa shape index (κ2) is 4.39. The molecule has 0 aliphatic rings. The van der Waals surface area contributed by atoms with Crippen molar-refractivity contribution in [2.75, 3.05) is 0 Å². The Morgan fingerprint density at radius 3 is 1.94 bits per heavy atom. The minimum Gasteiger partial charge on any atom is -0.366 e. The first-order valence-corrected chi connectivity index (χ1v) is 6.38. The Hall–Kier alpha value is -1.93. The molecule has 8 heteroatoms. The lowest BCUT2D eigenvalue weighted by Gasteiger charge is -2.14. The van der Waals surface area contributed by atoms with Crippen LogP contribution in [0.3, 0.4) is 0 Å². The molecule has 2 amide bonds. The Morgan fingerprint density at radius 2 is 1.61 bits per heavy atom. The molecule has 1 rings (SSSR count). The number of hydrogen-bond acceptors (Lipinski definition) is 4. The van der Waals surface area contributed by atoms with Crippen LogP contribution in [0, 0.1) is 13.8 Å². The maximum atomic E-state index is 11.5. The van der Waals surface area contributed by atoms with E-state index in [1.807, 2.05) is 0 Å². The van der Waals surface area contributed by atoms with Gasteiger partial charge in [-0.2, -0.15) is 0 Å². The Kier molecular flexibility index (Phi) is 3.45. The maximum absolute atomic E-state index is 11.5. The van der Waals surface area contributed by atoms with Gasteiger partial charge in [0.1, 0.15) is 0 Å². The van der Waals surface area contributed by atoms with Crippen LogP contribution in [0.2, 0.25) is 0 Å². The van der Waals surface area contributed by atoms with Crippen molar-refractivity contribution in [3.05, 3.63) is 28.3 Å². The number of primary amides is 2.